The first kappa shape index (κ1) is 22.2. The molecule has 0 saturated heterocycles. The second-order valence-electron chi connectivity index (χ2n) is 6.97. The molecule has 160 valence electrons. The van der Waals surface area contributed by atoms with Gasteiger partial charge < -0.3 is 9.64 Å². The van der Waals surface area contributed by atoms with Crippen LogP contribution in [0.2, 0.25) is 0 Å². The van der Waals surface area contributed by atoms with Gasteiger partial charge in [-0.05, 0) is 42.7 Å². The van der Waals surface area contributed by atoms with Crippen molar-refractivity contribution < 1.29 is 17.5 Å². The number of hydrogen-bond donors (Lipinski definition) is 1. The molecule has 0 saturated carbocycles. The van der Waals surface area contributed by atoms with Gasteiger partial charge in [0.05, 0.1) is 36.6 Å². The minimum absolute atomic E-state index is 0.123. The van der Waals surface area contributed by atoms with Gasteiger partial charge in [0, 0.05) is 24.2 Å². The maximum Gasteiger partial charge on any atom is 0.232 e. The van der Waals surface area contributed by atoms with Gasteiger partial charge in [-0.3, -0.25) is 4.72 Å². The summed E-state index contributed by atoms with van der Waals surface area (Å²) in [5, 5.41) is 9.84. The lowest BCUT2D eigenvalue weighted by Gasteiger charge is -2.28. The SMILES string of the molecule is CCN1c2cc(OC)ccc2C(C#N)C1c1ccc(NS(=O)(=O)CCCCl)c(F)c1. The van der Waals surface area contributed by atoms with E-state index in [0.29, 0.717) is 17.9 Å². The maximum atomic E-state index is 14.8. The Hall–Kier alpha value is -2.50. The van der Waals surface area contributed by atoms with Gasteiger partial charge in [0.2, 0.25) is 10.0 Å². The standard InChI is InChI=1S/C21H23ClFN3O3S/c1-3-26-20-12-15(29-2)6-7-16(20)17(13-24)21(26)14-5-8-19(18(23)11-14)25-30(27,28)10-4-9-22/h5-8,11-12,17,21,25H,3-4,9-10H2,1-2H3. The van der Waals surface area contributed by atoms with Crippen LogP contribution in [-0.2, 0) is 10.0 Å². The fourth-order valence-electron chi connectivity index (χ4n) is 3.80. The normalized spacial score (nSPS) is 18.0. The Kier molecular flexibility index (Phi) is 6.74. The maximum absolute atomic E-state index is 14.8. The molecule has 1 aliphatic rings. The second-order valence-corrected chi connectivity index (χ2v) is 9.18. The topological polar surface area (TPSA) is 82.4 Å². The number of nitriles is 1. The van der Waals surface area contributed by atoms with Crippen molar-refractivity contribution in [1.29, 1.82) is 5.26 Å². The number of alkyl halides is 1. The number of fused-ring (bicyclic) bond motifs is 1. The third kappa shape index (κ3) is 4.32. The number of sulfonamides is 1. The summed E-state index contributed by atoms with van der Waals surface area (Å²) in [6, 6.07) is 11.8. The molecule has 3 rings (SSSR count). The highest BCUT2D eigenvalue weighted by Crippen LogP contribution is 2.49. The van der Waals surface area contributed by atoms with Crippen molar-refractivity contribution >= 4 is 33.0 Å². The number of ether oxygens (including phenoxy) is 1. The van der Waals surface area contributed by atoms with Crippen molar-refractivity contribution in [2.24, 2.45) is 0 Å². The summed E-state index contributed by atoms with van der Waals surface area (Å²) in [7, 11) is -2.11. The van der Waals surface area contributed by atoms with Gasteiger partial charge in [0.25, 0.3) is 0 Å². The lowest BCUT2D eigenvalue weighted by molar-refractivity contribution is 0.415. The van der Waals surface area contributed by atoms with Gasteiger partial charge in [-0.15, -0.1) is 11.6 Å². The van der Waals surface area contributed by atoms with Crippen LogP contribution >= 0.6 is 11.6 Å². The molecule has 0 spiro atoms. The number of anilines is 2. The first-order chi connectivity index (χ1) is 14.3. The van der Waals surface area contributed by atoms with Crippen LogP contribution < -0.4 is 14.4 Å². The minimum atomic E-state index is -3.68. The summed E-state index contributed by atoms with van der Waals surface area (Å²) in [6.07, 6.45) is 0.274. The van der Waals surface area contributed by atoms with Crippen LogP contribution in [0.5, 0.6) is 5.75 Å². The number of hydrogen-bond acceptors (Lipinski definition) is 5. The monoisotopic (exact) mass is 451 g/mol. The molecule has 1 aliphatic heterocycles. The molecule has 6 nitrogen and oxygen atoms in total. The molecular formula is C21H23ClFN3O3S. The van der Waals surface area contributed by atoms with Crippen LogP contribution in [0.3, 0.4) is 0 Å². The number of benzene rings is 2. The van der Waals surface area contributed by atoms with Crippen molar-refractivity contribution in [3.63, 3.8) is 0 Å². The molecule has 0 radical (unpaired) electrons. The van der Waals surface area contributed by atoms with Gasteiger partial charge in [-0.1, -0.05) is 12.1 Å². The smallest absolute Gasteiger partial charge is 0.232 e. The molecule has 0 aliphatic carbocycles. The van der Waals surface area contributed by atoms with Crippen molar-refractivity contribution in [1.82, 2.24) is 0 Å². The Morgan fingerprint density at radius 1 is 1.30 bits per heavy atom. The molecule has 0 fully saturated rings. The summed E-state index contributed by atoms with van der Waals surface area (Å²) in [5.41, 5.74) is 2.21. The average Bonchev–Trinajstić information content (AvgIpc) is 3.06. The predicted molar refractivity (Wildman–Crippen MR) is 116 cm³/mol. The molecular weight excluding hydrogens is 429 g/mol. The Morgan fingerprint density at radius 2 is 2.07 bits per heavy atom. The summed E-state index contributed by atoms with van der Waals surface area (Å²) in [5.74, 6) is -0.479. The molecule has 9 heteroatoms. The van der Waals surface area contributed by atoms with Crippen LogP contribution in [-0.4, -0.2) is 33.7 Å². The Morgan fingerprint density at radius 3 is 2.67 bits per heavy atom. The quantitative estimate of drug-likeness (QED) is 0.602. The molecule has 0 bridgehead atoms. The first-order valence-electron chi connectivity index (χ1n) is 9.55. The van der Waals surface area contributed by atoms with E-state index in [0.717, 1.165) is 11.3 Å². The van der Waals surface area contributed by atoms with E-state index in [4.69, 9.17) is 16.3 Å². The molecule has 2 unspecified atom stereocenters. The van der Waals surface area contributed by atoms with E-state index in [-0.39, 0.29) is 23.7 Å². The van der Waals surface area contributed by atoms with Crippen LogP contribution in [0.15, 0.2) is 36.4 Å². The Labute approximate surface area is 181 Å². The molecule has 2 atom stereocenters. The van der Waals surface area contributed by atoms with E-state index < -0.39 is 27.8 Å². The molecule has 0 amide bonds. The van der Waals surface area contributed by atoms with E-state index in [2.05, 4.69) is 10.8 Å². The summed E-state index contributed by atoms with van der Waals surface area (Å²) >= 11 is 5.54. The van der Waals surface area contributed by atoms with E-state index in [1.165, 1.54) is 12.1 Å². The predicted octanol–water partition coefficient (Wildman–Crippen LogP) is 4.39. The highest BCUT2D eigenvalue weighted by molar-refractivity contribution is 7.92. The molecule has 30 heavy (non-hydrogen) atoms. The van der Waals surface area contributed by atoms with Crippen LogP contribution in [0.1, 0.15) is 36.4 Å². The number of rotatable bonds is 8. The summed E-state index contributed by atoms with van der Waals surface area (Å²) < 4.78 is 46.5. The third-order valence-corrected chi connectivity index (χ3v) is 6.78. The van der Waals surface area contributed by atoms with E-state index in [1.54, 1.807) is 19.2 Å². The number of nitrogens with one attached hydrogen (secondary N) is 1. The van der Waals surface area contributed by atoms with Gasteiger partial charge in [0.15, 0.2) is 0 Å². The third-order valence-electron chi connectivity index (χ3n) is 5.16. The summed E-state index contributed by atoms with van der Waals surface area (Å²) in [4.78, 5) is 2.03. The number of halogens is 2. The largest absolute Gasteiger partial charge is 0.497 e. The fraction of sp³-hybridized carbons (Fsp3) is 0.381. The lowest BCUT2D eigenvalue weighted by atomic mass is 9.91. The molecule has 1 heterocycles. The fourth-order valence-corrected chi connectivity index (χ4v) is 5.22. The van der Waals surface area contributed by atoms with E-state index >= 15 is 0 Å². The zero-order valence-electron chi connectivity index (χ0n) is 16.7. The summed E-state index contributed by atoms with van der Waals surface area (Å²) in [6.45, 7) is 2.57. The zero-order chi connectivity index (χ0) is 21.9. The van der Waals surface area contributed by atoms with Gasteiger partial charge >= 0.3 is 0 Å². The lowest BCUT2D eigenvalue weighted by Crippen LogP contribution is -2.26. The number of nitrogens with zero attached hydrogens (tertiary/aromatic N) is 2. The molecule has 2 aromatic carbocycles. The molecule has 0 aromatic heterocycles. The van der Waals surface area contributed by atoms with Crippen molar-refractivity contribution in [2.45, 2.75) is 25.3 Å². The molecule has 1 N–H and O–H groups in total. The van der Waals surface area contributed by atoms with Crippen LogP contribution in [0, 0.1) is 17.1 Å². The molecule has 2 aromatic rings. The highest BCUT2D eigenvalue weighted by atomic mass is 35.5. The minimum Gasteiger partial charge on any atom is -0.497 e. The second kappa shape index (κ2) is 9.11. The van der Waals surface area contributed by atoms with E-state index in [1.807, 2.05) is 24.0 Å². The Bertz CT molecular complexity index is 1070. The number of likely N-dealkylation sites (N-methyl/N-ethyl adjacent to an activating group) is 1. The first-order valence-corrected chi connectivity index (χ1v) is 11.7. The van der Waals surface area contributed by atoms with Crippen LogP contribution in [0.25, 0.3) is 0 Å². The number of methoxy groups -OCH3 is 1. The van der Waals surface area contributed by atoms with E-state index in [9.17, 15) is 18.1 Å². The van der Waals surface area contributed by atoms with Crippen molar-refractivity contribution in [2.75, 3.05) is 34.9 Å². The van der Waals surface area contributed by atoms with Gasteiger partial charge in [-0.2, -0.15) is 5.26 Å². The van der Waals surface area contributed by atoms with Gasteiger partial charge in [0.1, 0.15) is 11.6 Å². The Balaban J connectivity index is 1.95. The average molecular weight is 452 g/mol. The van der Waals surface area contributed by atoms with Crippen LogP contribution in [0.4, 0.5) is 15.8 Å². The van der Waals surface area contributed by atoms with Crippen molar-refractivity contribution in [3.8, 4) is 11.8 Å². The highest BCUT2D eigenvalue weighted by Gasteiger charge is 2.39. The van der Waals surface area contributed by atoms with Crippen molar-refractivity contribution in [3.05, 3.63) is 53.3 Å². The zero-order valence-corrected chi connectivity index (χ0v) is 18.3. The van der Waals surface area contributed by atoms with Gasteiger partial charge in [-0.25, -0.2) is 12.8 Å².